The van der Waals surface area contributed by atoms with E-state index in [2.05, 4.69) is 9.97 Å². The number of hydrogen-bond donors (Lipinski definition) is 1. The predicted octanol–water partition coefficient (Wildman–Crippen LogP) is 0.716. The van der Waals surface area contributed by atoms with E-state index in [0.29, 0.717) is 23.6 Å². The number of sulfone groups is 1. The van der Waals surface area contributed by atoms with E-state index in [-0.39, 0.29) is 30.1 Å². The van der Waals surface area contributed by atoms with E-state index in [1.54, 1.807) is 6.20 Å². The van der Waals surface area contributed by atoms with Crippen LogP contribution in [-0.2, 0) is 16.4 Å². The molecule has 1 aromatic rings. The van der Waals surface area contributed by atoms with E-state index >= 15 is 0 Å². The summed E-state index contributed by atoms with van der Waals surface area (Å²) in [6.07, 6.45) is 2.29. The molecule has 112 valence electrons. The molecule has 1 saturated heterocycles. The molecule has 7 heteroatoms. The summed E-state index contributed by atoms with van der Waals surface area (Å²) in [6.45, 7) is 3.80. The first-order valence-electron chi connectivity index (χ1n) is 6.74. The summed E-state index contributed by atoms with van der Waals surface area (Å²) < 4.78 is 23.1. The standard InChI is InChI=1S/C13H21N3O3S/c1-9(2)13-14-6-12(11(7-17)15-13)16(3)10-4-5-20(18,19)8-10/h6,9-10,17H,4-5,7-8H2,1-3H3. The molecule has 1 N–H and O–H groups in total. The van der Waals surface area contributed by atoms with Gasteiger partial charge in [0, 0.05) is 19.0 Å². The zero-order chi connectivity index (χ0) is 14.9. The number of aliphatic hydroxyl groups excluding tert-OH is 1. The van der Waals surface area contributed by atoms with Crippen LogP contribution in [0.2, 0.25) is 0 Å². The van der Waals surface area contributed by atoms with Crippen LogP contribution in [0, 0.1) is 0 Å². The molecule has 0 radical (unpaired) electrons. The lowest BCUT2D eigenvalue weighted by atomic mass is 10.2. The number of aliphatic hydroxyl groups is 1. The molecule has 0 aliphatic carbocycles. The van der Waals surface area contributed by atoms with Crippen LogP contribution in [0.5, 0.6) is 0 Å². The zero-order valence-corrected chi connectivity index (χ0v) is 12.9. The highest BCUT2D eigenvalue weighted by atomic mass is 32.2. The molecule has 2 rings (SSSR count). The minimum atomic E-state index is -2.93. The minimum absolute atomic E-state index is 0.0706. The second-order valence-electron chi connectivity index (χ2n) is 5.54. The molecule has 1 aliphatic rings. The second kappa shape index (κ2) is 5.65. The Morgan fingerprint density at radius 3 is 2.70 bits per heavy atom. The molecule has 2 heterocycles. The van der Waals surface area contributed by atoms with Crippen LogP contribution in [-0.4, -0.2) is 48.1 Å². The van der Waals surface area contributed by atoms with Crippen LogP contribution in [0.25, 0.3) is 0 Å². The second-order valence-corrected chi connectivity index (χ2v) is 7.77. The highest BCUT2D eigenvalue weighted by Crippen LogP contribution is 2.25. The maximum atomic E-state index is 11.6. The number of anilines is 1. The quantitative estimate of drug-likeness (QED) is 0.882. The lowest BCUT2D eigenvalue weighted by molar-refractivity contribution is 0.276. The van der Waals surface area contributed by atoms with Gasteiger partial charge in [0.15, 0.2) is 9.84 Å². The Balaban J connectivity index is 2.28. The van der Waals surface area contributed by atoms with Crippen LogP contribution in [0.4, 0.5) is 5.69 Å². The summed E-state index contributed by atoms with van der Waals surface area (Å²) >= 11 is 0. The molecule has 1 fully saturated rings. The number of aromatic nitrogens is 2. The van der Waals surface area contributed by atoms with E-state index in [4.69, 9.17) is 0 Å². The molecule has 0 amide bonds. The summed E-state index contributed by atoms with van der Waals surface area (Å²) in [7, 11) is -1.10. The third-order valence-corrected chi connectivity index (χ3v) is 5.42. The van der Waals surface area contributed by atoms with Crippen molar-refractivity contribution >= 4 is 15.5 Å². The maximum Gasteiger partial charge on any atom is 0.152 e. The molecule has 0 bridgehead atoms. The zero-order valence-electron chi connectivity index (χ0n) is 12.1. The lowest BCUT2D eigenvalue weighted by Gasteiger charge is -2.27. The smallest absolute Gasteiger partial charge is 0.152 e. The summed E-state index contributed by atoms with van der Waals surface area (Å²) in [5.74, 6) is 1.25. The molecular weight excluding hydrogens is 278 g/mol. The lowest BCUT2D eigenvalue weighted by Crippen LogP contribution is -2.33. The van der Waals surface area contributed by atoms with Gasteiger partial charge in [0.05, 0.1) is 35.7 Å². The number of hydrogen-bond acceptors (Lipinski definition) is 6. The van der Waals surface area contributed by atoms with E-state index in [9.17, 15) is 13.5 Å². The third kappa shape index (κ3) is 3.09. The average molecular weight is 299 g/mol. The fourth-order valence-corrected chi connectivity index (χ4v) is 4.17. The molecule has 0 aromatic carbocycles. The monoisotopic (exact) mass is 299 g/mol. The Labute approximate surface area is 119 Å². The van der Waals surface area contributed by atoms with Crippen LogP contribution < -0.4 is 4.90 Å². The number of rotatable bonds is 4. The van der Waals surface area contributed by atoms with Crippen molar-refractivity contribution in [1.29, 1.82) is 0 Å². The van der Waals surface area contributed by atoms with Gasteiger partial charge in [0.2, 0.25) is 0 Å². The molecule has 20 heavy (non-hydrogen) atoms. The molecule has 0 saturated carbocycles. The first-order chi connectivity index (χ1) is 9.34. The van der Waals surface area contributed by atoms with Gasteiger partial charge in [0.25, 0.3) is 0 Å². The molecule has 1 atom stereocenters. The highest BCUT2D eigenvalue weighted by molar-refractivity contribution is 7.91. The van der Waals surface area contributed by atoms with Crippen LogP contribution >= 0.6 is 0 Å². The largest absolute Gasteiger partial charge is 0.390 e. The summed E-state index contributed by atoms with van der Waals surface area (Å²) in [4.78, 5) is 10.5. The Bertz CT molecular complexity index is 587. The Hall–Kier alpha value is -1.21. The Kier molecular flexibility index (Phi) is 4.29. The van der Waals surface area contributed by atoms with Crippen molar-refractivity contribution in [2.75, 3.05) is 23.5 Å². The van der Waals surface area contributed by atoms with Gasteiger partial charge in [-0.25, -0.2) is 18.4 Å². The van der Waals surface area contributed by atoms with Crippen molar-refractivity contribution in [3.8, 4) is 0 Å². The number of nitrogens with zero attached hydrogens (tertiary/aromatic N) is 3. The van der Waals surface area contributed by atoms with Gasteiger partial charge in [-0.2, -0.15) is 0 Å². The van der Waals surface area contributed by atoms with E-state index in [0.717, 1.165) is 0 Å². The molecule has 0 spiro atoms. The first-order valence-corrected chi connectivity index (χ1v) is 8.56. The van der Waals surface area contributed by atoms with Gasteiger partial charge in [-0.05, 0) is 6.42 Å². The average Bonchev–Trinajstić information content (AvgIpc) is 2.77. The van der Waals surface area contributed by atoms with E-state index < -0.39 is 9.84 Å². The molecule has 1 aliphatic heterocycles. The van der Waals surface area contributed by atoms with E-state index in [1.807, 2.05) is 25.8 Å². The van der Waals surface area contributed by atoms with Crippen molar-refractivity contribution in [3.05, 3.63) is 17.7 Å². The highest BCUT2D eigenvalue weighted by Gasteiger charge is 2.31. The minimum Gasteiger partial charge on any atom is -0.390 e. The molecule has 1 unspecified atom stereocenters. The Morgan fingerprint density at radius 2 is 2.20 bits per heavy atom. The van der Waals surface area contributed by atoms with Crippen molar-refractivity contribution < 1.29 is 13.5 Å². The molecule has 6 nitrogen and oxygen atoms in total. The van der Waals surface area contributed by atoms with Gasteiger partial charge in [-0.3, -0.25) is 0 Å². The molecular formula is C13H21N3O3S. The van der Waals surface area contributed by atoms with Gasteiger partial charge < -0.3 is 10.0 Å². The van der Waals surface area contributed by atoms with Crippen molar-refractivity contribution in [1.82, 2.24) is 9.97 Å². The summed E-state index contributed by atoms with van der Waals surface area (Å²) in [5.41, 5.74) is 1.26. The van der Waals surface area contributed by atoms with Crippen molar-refractivity contribution in [2.24, 2.45) is 0 Å². The summed E-state index contributed by atoms with van der Waals surface area (Å²) in [5, 5.41) is 9.48. The Morgan fingerprint density at radius 1 is 1.50 bits per heavy atom. The van der Waals surface area contributed by atoms with Crippen molar-refractivity contribution in [3.63, 3.8) is 0 Å². The maximum absolute atomic E-state index is 11.6. The predicted molar refractivity (Wildman–Crippen MR) is 77.5 cm³/mol. The summed E-state index contributed by atoms with van der Waals surface area (Å²) in [6, 6.07) is -0.0706. The fraction of sp³-hybridized carbons (Fsp3) is 0.692. The molecule has 1 aromatic heterocycles. The topological polar surface area (TPSA) is 83.4 Å². The van der Waals surface area contributed by atoms with Crippen LogP contribution in [0.3, 0.4) is 0 Å². The normalized spacial score (nSPS) is 21.4. The first kappa shape index (κ1) is 15.2. The van der Waals surface area contributed by atoms with Gasteiger partial charge in [-0.15, -0.1) is 0 Å². The van der Waals surface area contributed by atoms with E-state index in [1.165, 1.54) is 0 Å². The fourth-order valence-electron chi connectivity index (χ4n) is 2.39. The SMILES string of the molecule is CC(C)c1ncc(N(C)C2CCS(=O)(=O)C2)c(CO)n1. The van der Waals surface area contributed by atoms with Gasteiger partial charge in [-0.1, -0.05) is 13.8 Å². The van der Waals surface area contributed by atoms with Crippen LogP contribution in [0.15, 0.2) is 6.20 Å². The van der Waals surface area contributed by atoms with Gasteiger partial charge >= 0.3 is 0 Å². The van der Waals surface area contributed by atoms with Crippen LogP contribution in [0.1, 0.15) is 37.7 Å². The third-order valence-electron chi connectivity index (χ3n) is 3.67. The van der Waals surface area contributed by atoms with Crippen molar-refractivity contribution in [2.45, 2.75) is 38.8 Å². The van der Waals surface area contributed by atoms with Gasteiger partial charge in [0.1, 0.15) is 5.82 Å².